The molecule has 0 saturated heterocycles. The molecule has 3 rings (SSSR count). The topological polar surface area (TPSA) is 128 Å². The molecule has 1 aromatic carbocycles. The predicted octanol–water partition coefficient (Wildman–Crippen LogP) is 3.76. The number of ether oxygens (including phenoxy) is 1. The van der Waals surface area contributed by atoms with E-state index in [2.05, 4.69) is 10.6 Å². The lowest BCUT2D eigenvalue weighted by Crippen LogP contribution is -2.51. The Morgan fingerprint density at radius 2 is 1.64 bits per heavy atom. The van der Waals surface area contributed by atoms with Crippen molar-refractivity contribution in [3.63, 3.8) is 0 Å². The van der Waals surface area contributed by atoms with Crippen LogP contribution in [0.3, 0.4) is 0 Å². The molecule has 42 heavy (non-hydrogen) atoms. The smallest absolute Gasteiger partial charge is 0.241 e. The molecule has 0 heterocycles. The van der Waals surface area contributed by atoms with Crippen LogP contribution >= 0.6 is 0 Å². The third-order valence-electron chi connectivity index (χ3n) is 8.58. The highest BCUT2D eigenvalue weighted by atomic mass is 16.5. The summed E-state index contributed by atoms with van der Waals surface area (Å²) in [6, 6.07) is 8.90. The Hall–Kier alpha value is -2.49. The third-order valence-corrected chi connectivity index (χ3v) is 8.58. The first-order valence-corrected chi connectivity index (χ1v) is 15.9. The van der Waals surface area contributed by atoms with Crippen molar-refractivity contribution < 1.29 is 29.3 Å². The van der Waals surface area contributed by atoms with E-state index in [9.17, 15) is 24.6 Å². The Morgan fingerprint density at radius 1 is 0.976 bits per heavy atom. The number of aliphatic hydroxyl groups excluding tert-OH is 2. The van der Waals surface area contributed by atoms with Crippen molar-refractivity contribution >= 4 is 17.7 Å². The maximum absolute atomic E-state index is 13.8. The van der Waals surface area contributed by atoms with E-state index in [1.54, 1.807) is 0 Å². The number of carbonyl (C=O) groups excluding carboxylic acids is 3. The average Bonchev–Trinajstić information content (AvgIpc) is 3.79. The summed E-state index contributed by atoms with van der Waals surface area (Å²) in [4.78, 5) is 41.5. The van der Waals surface area contributed by atoms with Crippen molar-refractivity contribution in [1.29, 1.82) is 0 Å². The van der Waals surface area contributed by atoms with Gasteiger partial charge in [-0.05, 0) is 42.6 Å². The lowest BCUT2D eigenvalue weighted by molar-refractivity contribution is -0.140. The number of nitrogens with zero attached hydrogens (tertiary/aromatic N) is 1. The van der Waals surface area contributed by atoms with Crippen LogP contribution in [0, 0.1) is 23.7 Å². The van der Waals surface area contributed by atoms with Crippen LogP contribution in [-0.2, 0) is 25.7 Å². The zero-order valence-corrected chi connectivity index (χ0v) is 25.8. The average molecular weight is 588 g/mol. The number of hydrogen-bond acceptors (Lipinski definition) is 6. The summed E-state index contributed by atoms with van der Waals surface area (Å²) < 4.78 is 4.94. The number of rotatable bonds is 18. The maximum atomic E-state index is 13.8. The van der Waals surface area contributed by atoms with Crippen molar-refractivity contribution in [1.82, 2.24) is 15.5 Å². The van der Waals surface area contributed by atoms with Crippen LogP contribution < -0.4 is 10.6 Å². The molecule has 0 radical (unpaired) electrons. The van der Waals surface area contributed by atoms with Crippen molar-refractivity contribution in [2.45, 2.75) is 109 Å². The fraction of sp³-hybridized carbons (Fsp3) is 0.727. The van der Waals surface area contributed by atoms with Crippen molar-refractivity contribution in [3.8, 4) is 0 Å². The second kappa shape index (κ2) is 17.6. The Bertz CT molecular complexity index is 964. The molecule has 0 unspecified atom stereocenters. The zero-order chi connectivity index (χ0) is 30.5. The summed E-state index contributed by atoms with van der Waals surface area (Å²) >= 11 is 0. The van der Waals surface area contributed by atoms with E-state index in [1.165, 1.54) is 18.4 Å². The molecule has 236 valence electrons. The number of carbonyl (C=O) groups is 3. The van der Waals surface area contributed by atoms with Gasteiger partial charge in [0.15, 0.2) is 0 Å². The molecular formula is C33H53N3O6. The molecule has 2 aliphatic rings. The largest absolute Gasteiger partial charge is 0.390 e. The highest BCUT2D eigenvalue weighted by Gasteiger charge is 2.36. The van der Waals surface area contributed by atoms with Gasteiger partial charge in [0, 0.05) is 26.0 Å². The van der Waals surface area contributed by atoms with Crippen LogP contribution in [0.5, 0.6) is 0 Å². The van der Waals surface area contributed by atoms with Gasteiger partial charge in [0.2, 0.25) is 17.7 Å². The van der Waals surface area contributed by atoms with Gasteiger partial charge in [-0.1, -0.05) is 89.1 Å². The molecule has 2 fully saturated rings. The number of benzene rings is 1. The molecule has 2 aliphatic carbocycles. The van der Waals surface area contributed by atoms with Crippen LogP contribution in [0.25, 0.3) is 0 Å². The molecule has 3 amide bonds. The SMILES string of the molecule is COCNC(=O)CN(Cc1ccccc1)C(=O)C[C@@H](CC1CC1)C(=O)N[C@@H](CC1CCCCC1)[C@@H](O)[C@@H](O)CC(C)C. The van der Waals surface area contributed by atoms with Gasteiger partial charge in [-0.2, -0.15) is 0 Å². The lowest BCUT2D eigenvalue weighted by atomic mass is 9.82. The number of amides is 3. The van der Waals surface area contributed by atoms with E-state index < -0.39 is 24.2 Å². The highest BCUT2D eigenvalue weighted by molar-refractivity contribution is 5.88. The molecule has 0 aliphatic heterocycles. The zero-order valence-electron chi connectivity index (χ0n) is 25.8. The fourth-order valence-electron chi connectivity index (χ4n) is 6.05. The van der Waals surface area contributed by atoms with E-state index in [-0.39, 0.29) is 49.9 Å². The van der Waals surface area contributed by atoms with Gasteiger partial charge in [-0.25, -0.2) is 0 Å². The van der Waals surface area contributed by atoms with Crippen LogP contribution in [0.15, 0.2) is 30.3 Å². The number of aliphatic hydroxyl groups is 2. The first kappa shape index (κ1) is 34.0. The minimum Gasteiger partial charge on any atom is -0.390 e. The van der Waals surface area contributed by atoms with Crippen molar-refractivity contribution in [2.24, 2.45) is 23.7 Å². The van der Waals surface area contributed by atoms with Gasteiger partial charge in [0.25, 0.3) is 0 Å². The molecule has 0 bridgehead atoms. The van der Waals surface area contributed by atoms with Gasteiger partial charge in [-0.3, -0.25) is 14.4 Å². The molecule has 2 saturated carbocycles. The predicted molar refractivity (Wildman–Crippen MR) is 162 cm³/mol. The number of nitrogens with one attached hydrogen (secondary N) is 2. The van der Waals surface area contributed by atoms with E-state index in [0.717, 1.165) is 44.1 Å². The molecule has 0 spiro atoms. The maximum Gasteiger partial charge on any atom is 0.241 e. The molecule has 4 N–H and O–H groups in total. The van der Waals surface area contributed by atoms with Crippen molar-refractivity contribution in [3.05, 3.63) is 35.9 Å². The Balaban J connectivity index is 1.74. The van der Waals surface area contributed by atoms with Crippen LogP contribution in [0.1, 0.15) is 90.0 Å². The van der Waals surface area contributed by atoms with E-state index in [1.807, 2.05) is 44.2 Å². The standard InChI is InChI=1S/C33H53N3O6/c1-23(2)16-29(37)32(40)28(18-24-10-6-4-7-11-24)35-33(41)27(17-25-14-15-25)19-31(39)36(21-30(38)34-22-42-3)20-26-12-8-5-9-13-26/h5,8-9,12-13,23-25,27-29,32,37,40H,4,6-7,10-11,14-22H2,1-3H3,(H,34,38)(H,35,41)/t27-,28+,29+,32-/m1/s1. The van der Waals surface area contributed by atoms with E-state index >= 15 is 0 Å². The first-order chi connectivity index (χ1) is 20.2. The summed E-state index contributed by atoms with van der Waals surface area (Å²) in [5.74, 6) is -0.438. The van der Waals surface area contributed by atoms with Crippen LogP contribution in [0.4, 0.5) is 0 Å². The van der Waals surface area contributed by atoms with Gasteiger partial charge < -0.3 is 30.5 Å². The van der Waals surface area contributed by atoms with Crippen LogP contribution in [-0.4, -0.2) is 71.5 Å². The summed E-state index contributed by atoms with van der Waals surface area (Å²) in [6.07, 6.45) is 7.30. The molecule has 4 atom stereocenters. The van der Waals surface area contributed by atoms with E-state index in [0.29, 0.717) is 31.1 Å². The van der Waals surface area contributed by atoms with Gasteiger partial charge in [-0.15, -0.1) is 0 Å². The summed E-state index contributed by atoms with van der Waals surface area (Å²) in [7, 11) is 1.48. The highest BCUT2D eigenvalue weighted by Crippen LogP contribution is 2.37. The number of methoxy groups -OCH3 is 1. The minimum atomic E-state index is -1.07. The third kappa shape index (κ3) is 12.0. The van der Waals surface area contributed by atoms with Crippen LogP contribution in [0.2, 0.25) is 0 Å². The Kier molecular flexibility index (Phi) is 14.2. The second-order valence-electron chi connectivity index (χ2n) is 12.9. The molecule has 1 aromatic rings. The van der Waals surface area contributed by atoms with Crippen molar-refractivity contribution in [2.75, 3.05) is 20.4 Å². The lowest BCUT2D eigenvalue weighted by Gasteiger charge is -2.34. The summed E-state index contributed by atoms with van der Waals surface area (Å²) in [5, 5.41) is 27.7. The molecule has 0 aromatic heterocycles. The van der Waals surface area contributed by atoms with Gasteiger partial charge in [0.05, 0.1) is 18.7 Å². The second-order valence-corrected chi connectivity index (χ2v) is 12.9. The first-order valence-electron chi connectivity index (χ1n) is 15.9. The molecule has 9 nitrogen and oxygen atoms in total. The van der Waals surface area contributed by atoms with Gasteiger partial charge in [0.1, 0.15) is 12.8 Å². The monoisotopic (exact) mass is 587 g/mol. The number of hydrogen-bond donors (Lipinski definition) is 4. The fourth-order valence-corrected chi connectivity index (χ4v) is 6.05. The Labute approximate surface area is 251 Å². The van der Waals surface area contributed by atoms with E-state index in [4.69, 9.17) is 4.74 Å². The summed E-state index contributed by atoms with van der Waals surface area (Å²) in [6.45, 7) is 4.16. The minimum absolute atomic E-state index is 0.0203. The van der Waals surface area contributed by atoms with Gasteiger partial charge >= 0.3 is 0 Å². The molecular weight excluding hydrogens is 534 g/mol. The molecule has 9 heteroatoms. The quantitative estimate of drug-likeness (QED) is 0.194. The normalized spacial score (nSPS) is 18.6. The summed E-state index contributed by atoms with van der Waals surface area (Å²) in [5.41, 5.74) is 0.892. The Morgan fingerprint density at radius 3 is 2.26 bits per heavy atom.